The molecular formula is C25H20Cl2N4O5S2. The Morgan fingerprint density at radius 2 is 1.50 bits per heavy atom. The van der Waals surface area contributed by atoms with Crippen molar-refractivity contribution in [1.82, 2.24) is 4.98 Å². The molecule has 0 aliphatic heterocycles. The van der Waals surface area contributed by atoms with Crippen LogP contribution >= 0.6 is 23.2 Å². The molecule has 4 rings (SSSR count). The smallest absolute Gasteiger partial charge is 0.264 e. The van der Waals surface area contributed by atoms with Gasteiger partial charge in [0, 0.05) is 11.9 Å². The second-order valence-corrected chi connectivity index (χ2v) is 12.2. The van der Waals surface area contributed by atoms with Crippen LogP contribution in [0.25, 0.3) is 0 Å². The molecule has 0 unspecified atom stereocenters. The van der Waals surface area contributed by atoms with E-state index in [9.17, 15) is 21.6 Å². The minimum atomic E-state index is -4.15. The van der Waals surface area contributed by atoms with E-state index in [1.807, 2.05) is 0 Å². The number of hydrogen-bond acceptors (Lipinski definition) is 6. The lowest BCUT2D eigenvalue weighted by Crippen LogP contribution is -2.38. The van der Waals surface area contributed by atoms with Crippen molar-refractivity contribution in [3.8, 4) is 0 Å². The normalized spacial score (nSPS) is 11.5. The third-order valence-electron chi connectivity index (χ3n) is 5.17. The predicted molar refractivity (Wildman–Crippen MR) is 148 cm³/mol. The molecular weight excluding hydrogens is 571 g/mol. The molecule has 4 aromatic rings. The molecule has 9 nitrogen and oxygen atoms in total. The van der Waals surface area contributed by atoms with Crippen molar-refractivity contribution in [2.75, 3.05) is 20.9 Å². The molecule has 0 aliphatic rings. The maximum absolute atomic E-state index is 13.4. The van der Waals surface area contributed by atoms with Crippen LogP contribution in [-0.4, -0.2) is 34.3 Å². The zero-order valence-electron chi connectivity index (χ0n) is 19.5. The summed E-state index contributed by atoms with van der Waals surface area (Å²) >= 11 is 12.1. The molecule has 0 aliphatic carbocycles. The number of pyridine rings is 1. The maximum atomic E-state index is 13.4. The Hall–Kier alpha value is -3.64. The summed E-state index contributed by atoms with van der Waals surface area (Å²) in [6, 6.07) is 20.4. The van der Waals surface area contributed by atoms with Crippen LogP contribution in [0.1, 0.15) is 0 Å². The van der Waals surface area contributed by atoms with Gasteiger partial charge in [0.2, 0.25) is 5.91 Å². The van der Waals surface area contributed by atoms with Crippen molar-refractivity contribution >= 4 is 66.2 Å². The number of rotatable bonds is 9. The first-order valence-electron chi connectivity index (χ1n) is 10.9. The lowest BCUT2D eigenvalue weighted by molar-refractivity contribution is -0.114. The van der Waals surface area contributed by atoms with E-state index in [1.165, 1.54) is 67.0 Å². The van der Waals surface area contributed by atoms with Crippen LogP contribution in [0.3, 0.4) is 0 Å². The third-order valence-corrected chi connectivity index (χ3v) is 9.10. The first kappa shape index (κ1) is 27.4. The van der Waals surface area contributed by atoms with Gasteiger partial charge in [0.05, 0.1) is 37.4 Å². The standard InChI is InChI=1S/C25H20Cl2N4O5S2/c26-23-13-10-20(15-24(23)27)31(38(35,36)22-6-2-1-3-7-22)17-25(32)29-18-8-11-21(12-9-18)37(33,34)30-19-5-4-14-28-16-19/h1-16,30H,17H2,(H,29,32). The molecule has 38 heavy (non-hydrogen) atoms. The van der Waals surface area contributed by atoms with Crippen molar-refractivity contribution in [2.24, 2.45) is 0 Å². The number of nitrogens with zero attached hydrogens (tertiary/aromatic N) is 2. The molecule has 1 amide bonds. The van der Waals surface area contributed by atoms with Crippen LogP contribution in [-0.2, 0) is 24.8 Å². The number of carbonyl (C=O) groups excluding carboxylic acids is 1. The van der Waals surface area contributed by atoms with Gasteiger partial charge < -0.3 is 5.32 Å². The van der Waals surface area contributed by atoms with Gasteiger partial charge in [-0.05, 0) is 66.7 Å². The fourth-order valence-corrected chi connectivity index (χ4v) is 6.13. The SMILES string of the molecule is O=C(CN(c1ccc(Cl)c(Cl)c1)S(=O)(=O)c1ccccc1)Nc1ccc(S(=O)(=O)Nc2cccnc2)cc1. The van der Waals surface area contributed by atoms with Crippen LogP contribution in [0.2, 0.25) is 10.0 Å². The lowest BCUT2D eigenvalue weighted by atomic mass is 10.3. The molecule has 13 heteroatoms. The summed E-state index contributed by atoms with van der Waals surface area (Å²) in [6.07, 6.45) is 2.89. The van der Waals surface area contributed by atoms with Gasteiger partial charge in [0.25, 0.3) is 20.0 Å². The van der Waals surface area contributed by atoms with Gasteiger partial charge in [-0.15, -0.1) is 0 Å². The van der Waals surface area contributed by atoms with Gasteiger partial charge in [-0.1, -0.05) is 41.4 Å². The van der Waals surface area contributed by atoms with E-state index < -0.39 is 32.5 Å². The maximum Gasteiger partial charge on any atom is 0.264 e. The Balaban J connectivity index is 1.54. The van der Waals surface area contributed by atoms with E-state index in [0.717, 1.165) is 4.31 Å². The summed E-state index contributed by atoms with van der Waals surface area (Å²) in [7, 11) is -8.03. The van der Waals surface area contributed by atoms with E-state index in [-0.39, 0.29) is 31.2 Å². The molecule has 196 valence electrons. The van der Waals surface area contributed by atoms with Crippen LogP contribution in [0.4, 0.5) is 17.1 Å². The summed E-state index contributed by atoms with van der Waals surface area (Å²) in [5, 5.41) is 2.94. The summed E-state index contributed by atoms with van der Waals surface area (Å²) in [5.74, 6) is -0.667. The number of amides is 1. The molecule has 1 aromatic heterocycles. The number of halogens is 2. The van der Waals surface area contributed by atoms with E-state index in [4.69, 9.17) is 23.2 Å². The highest BCUT2D eigenvalue weighted by Gasteiger charge is 2.27. The van der Waals surface area contributed by atoms with Gasteiger partial charge in [0.15, 0.2) is 0 Å². The number of hydrogen-bond donors (Lipinski definition) is 2. The molecule has 2 N–H and O–H groups in total. The Bertz CT molecular complexity index is 1650. The van der Waals surface area contributed by atoms with Crippen molar-refractivity contribution in [3.05, 3.63) is 107 Å². The molecule has 0 spiro atoms. The second kappa shape index (κ2) is 11.4. The van der Waals surface area contributed by atoms with Crippen LogP contribution in [0, 0.1) is 0 Å². The van der Waals surface area contributed by atoms with Gasteiger partial charge in [-0.2, -0.15) is 0 Å². The van der Waals surface area contributed by atoms with Crippen LogP contribution in [0.15, 0.2) is 107 Å². The summed E-state index contributed by atoms with van der Waals surface area (Å²) in [5.41, 5.74) is 0.703. The number of sulfonamides is 2. The monoisotopic (exact) mass is 590 g/mol. The van der Waals surface area contributed by atoms with Crippen molar-refractivity contribution in [3.63, 3.8) is 0 Å². The summed E-state index contributed by atoms with van der Waals surface area (Å²) in [6.45, 7) is -0.586. The second-order valence-electron chi connectivity index (χ2n) is 7.84. The molecule has 0 radical (unpaired) electrons. The van der Waals surface area contributed by atoms with Gasteiger partial charge in [-0.3, -0.25) is 18.8 Å². The average molecular weight is 591 g/mol. The number of nitrogens with one attached hydrogen (secondary N) is 2. The highest BCUT2D eigenvalue weighted by Crippen LogP contribution is 2.30. The van der Waals surface area contributed by atoms with Crippen LogP contribution in [0.5, 0.6) is 0 Å². The predicted octanol–water partition coefficient (Wildman–Crippen LogP) is 5.02. The van der Waals surface area contributed by atoms with E-state index in [0.29, 0.717) is 5.69 Å². The number of benzene rings is 3. The van der Waals surface area contributed by atoms with Gasteiger partial charge in [0.1, 0.15) is 6.54 Å². The average Bonchev–Trinajstić information content (AvgIpc) is 2.90. The fourth-order valence-electron chi connectivity index (χ4n) is 3.36. The number of anilines is 3. The molecule has 0 atom stereocenters. The first-order valence-corrected chi connectivity index (χ1v) is 14.6. The lowest BCUT2D eigenvalue weighted by Gasteiger charge is -2.24. The van der Waals surface area contributed by atoms with E-state index in [1.54, 1.807) is 30.3 Å². The Labute approximate surface area is 230 Å². The number of aromatic nitrogens is 1. The minimum absolute atomic E-state index is 0.0189. The Kier molecular flexibility index (Phi) is 8.22. The van der Waals surface area contributed by atoms with Gasteiger partial charge in [-0.25, -0.2) is 16.8 Å². The fraction of sp³-hybridized carbons (Fsp3) is 0.0400. The number of carbonyl (C=O) groups is 1. The molecule has 0 fully saturated rings. The topological polar surface area (TPSA) is 126 Å². The minimum Gasteiger partial charge on any atom is -0.325 e. The van der Waals surface area contributed by atoms with E-state index in [2.05, 4.69) is 15.0 Å². The first-order chi connectivity index (χ1) is 18.1. The van der Waals surface area contributed by atoms with Crippen molar-refractivity contribution in [2.45, 2.75) is 9.79 Å². The molecule has 1 heterocycles. The Morgan fingerprint density at radius 3 is 2.13 bits per heavy atom. The molecule has 0 bridgehead atoms. The zero-order chi connectivity index (χ0) is 27.3. The summed E-state index contributed by atoms with van der Waals surface area (Å²) < 4.78 is 55.4. The largest absolute Gasteiger partial charge is 0.325 e. The zero-order valence-corrected chi connectivity index (χ0v) is 22.6. The quantitative estimate of drug-likeness (QED) is 0.282. The van der Waals surface area contributed by atoms with E-state index >= 15 is 0 Å². The van der Waals surface area contributed by atoms with Crippen molar-refractivity contribution in [1.29, 1.82) is 0 Å². The third kappa shape index (κ3) is 6.43. The molecule has 0 saturated carbocycles. The summed E-state index contributed by atoms with van der Waals surface area (Å²) in [4.78, 5) is 16.7. The molecule has 3 aromatic carbocycles. The van der Waals surface area contributed by atoms with Crippen LogP contribution < -0.4 is 14.3 Å². The van der Waals surface area contributed by atoms with Crippen molar-refractivity contribution < 1.29 is 21.6 Å². The molecule has 0 saturated heterocycles. The highest BCUT2D eigenvalue weighted by atomic mass is 35.5. The van der Waals surface area contributed by atoms with Gasteiger partial charge >= 0.3 is 0 Å². The highest BCUT2D eigenvalue weighted by molar-refractivity contribution is 7.93. The Morgan fingerprint density at radius 1 is 0.789 bits per heavy atom.